The van der Waals surface area contributed by atoms with Crippen LogP contribution in [0, 0.1) is 5.92 Å². The molecule has 272 valence electrons. The molecule has 6 N–H and O–H groups in total. The molecular weight excluding hydrogens is 723 g/mol. The van der Waals surface area contributed by atoms with Gasteiger partial charge in [-0.05, 0) is 48.2 Å². The Morgan fingerprint density at radius 3 is 2.38 bits per heavy atom. The number of carboxylic acid groups (broad SMARTS) is 2. The van der Waals surface area contributed by atoms with Crippen LogP contribution in [0.2, 0.25) is 0 Å². The van der Waals surface area contributed by atoms with Crippen molar-refractivity contribution in [1.82, 2.24) is 9.88 Å². The summed E-state index contributed by atoms with van der Waals surface area (Å²) in [7, 11) is 0. The average Bonchev–Trinajstić information content (AvgIpc) is 3.56. The predicted octanol–water partition coefficient (Wildman–Crippen LogP) is 4.27. The van der Waals surface area contributed by atoms with Gasteiger partial charge in [-0.15, -0.1) is 23.1 Å². The standard InChI is InChI=1S/C37H33N5O9S2/c1-37(2,35(49)50)51-40-30(26-19-53-36(38)39-26)29(45)16-25-32(46)42-31(34(47)48)24(18-52-33(25)42)8-7-20-3-5-21(6-4-20)17-41-13-11-22(12-14-41)23-9-10-27(43)28(44)15-23/h3-15,19,25,33H,16-18H2,1-2H3,(H5,38,39,44,47,48,49,50)/p+1/b8-7+,40-30-/t25-,33-/m1/s1. The number of carbonyl (C=O) groups excluding carboxylic acids is 2. The second-order valence-electron chi connectivity index (χ2n) is 12.8. The van der Waals surface area contributed by atoms with Gasteiger partial charge in [0, 0.05) is 35.2 Å². The van der Waals surface area contributed by atoms with Crippen molar-refractivity contribution in [3.05, 3.63) is 107 Å². The van der Waals surface area contributed by atoms with E-state index >= 15 is 0 Å². The summed E-state index contributed by atoms with van der Waals surface area (Å²) in [4.78, 5) is 61.2. The Balaban J connectivity index is 1.12. The molecule has 0 bridgehead atoms. The van der Waals surface area contributed by atoms with Crippen LogP contribution in [-0.2, 0) is 30.6 Å². The molecule has 1 saturated heterocycles. The van der Waals surface area contributed by atoms with Gasteiger partial charge in [0.15, 0.2) is 47.1 Å². The number of thiazole rings is 1. The maximum atomic E-state index is 13.4. The molecule has 0 spiro atoms. The first kappa shape index (κ1) is 36.8. The number of aliphatic carboxylic acids is 2. The van der Waals surface area contributed by atoms with E-state index in [0.29, 0.717) is 12.1 Å². The molecule has 1 fully saturated rings. The molecule has 4 aromatic rings. The Hall–Kier alpha value is -6.00. The number of ketones is 1. The Morgan fingerprint density at radius 2 is 1.75 bits per heavy atom. The smallest absolute Gasteiger partial charge is 0.352 e. The van der Waals surface area contributed by atoms with E-state index in [1.165, 1.54) is 48.0 Å². The van der Waals surface area contributed by atoms with Crippen LogP contribution in [0.15, 0.2) is 94.9 Å². The SMILES string of the molecule is CC(C)(O/N=C(\C(=O)C[C@@H]1C(=O)N2C(C(=O)O)=C(/C=C/c3ccc(C[n+]4ccc(-c5ccc(O)c(O)c5)cc4)cc3)CS[C@H]12)c1csc(N)n1)C(=O)O. The molecule has 0 saturated carbocycles. The number of benzene rings is 2. The van der Waals surface area contributed by atoms with E-state index < -0.39 is 40.5 Å². The molecule has 2 aliphatic rings. The number of fused-ring (bicyclic) bond motifs is 1. The molecule has 0 radical (unpaired) electrons. The zero-order chi connectivity index (χ0) is 38.0. The summed E-state index contributed by atoms with van der Waals surface area (Å²) in [5, 5.41) is 43.7. The Kier molecular flexibility index (Phi) is 10.4. The van der Waals surface area contributed by atoms with Gasteiger partial charge < -0.3 is 31.0 Å². The Bertz CT molecular complexity index is 2190. The number of nitrogens with zero attached hydrogens (tertiary/aromatic N) is 4. The predicted molar refractivity (Wildman–Crippen MR) is 197 cm³/mol. The van der Waals surface area contributed by atoms with Crippen LogP contribution >= 0.6 is 23.1 Å². The van der Waals surface area contributed by atoms with Crippen molar-refractivity contribution in [3.63, 3.8) is 0 Å². The van der Waals surface area contributed by atoms with Gasteiger partial charge in [0.2, 0.25) is 11.5 Å². The van der Waals surface area contributed by atoms with E-state index in [4.69, 9.17) is 10.6 Å². The van der Waals surface area contributed by atoms with Crippen LogP contribution in [-0.4, -0.2) is 76.4 Å². The van der Waals surface area contributed by atoms with Crippen LogP contribution in [0.5, 0.6) is 11.5 Å². The normalized spacial score (nSPS) is 17.4. The number of phenols is 2. The molecular formula is C37H34N5O9S2+. The highest BCUT2D eigenvalue weighted by molar-refractivity contribution is 8.00. The van der Waals surface area contributed by atoms with Crippen molar-refractivity contribution >= 4 is 63.6 Å². The lowest BCUT2D eigenvalue weighted by Crippen LogP contribution is -2.62. The number of pyridine rings is 1. The van der Waals surface area contributed by atoms with Crippen molar-refractivity contribution < 1.29 is 49.0 Å². The molecule has 4 heterocycles. The van der Waals surface area contributed by atoms with Gasteiger partial charge in [0.25, 0.3) is 0 Å². The summed E-state index contributed by atoms with van der Waals surface area (Å²) in [6.45, 7) is 3.12. The van der Waals surface area contributed by atoms with Crippen molar-refractivity contribution in [2.75, 3.05) is 11.5 Å². The number of carbonyl (C=O) groups is 4. The van der Waals surface area contributed by atoms with Crippen LogP contribution in [0.25, 0.3) is 17.2 Å². The number of β-lactam (4-membered cyclic amide) rings is 1. The van der Waals surface area contributed by atoms with Crippen molar-refractivity contribution in [2.24, 2.45) is 11.1 Å². The second kappa shape index (κ2) is 14.9. The number of amides is 1. The Morgan fingerprint density at radius 1 is 1.04 bits per heavy atom. The fourth-order valence-electron chi connectivity index (χ4n) is 5.64. The maximum Gasteiger partial charge on any atom is 0.352 e. The minimum atomic E-state index is -1.75. The minimum Gasteiger partial charge on any atom is -0.504 e. The van der Waals surface area contributed by atoms with E-state index in [1.54, 1.807) is 18.2 Å². The minimum absolute atomic E-state index is 0.0760. The number of thioether (sulfide) groups is 1. The molecule has 6 rings (SSSR count). The topological polar surface area (TPSA) is 217 Å². The molecule has 2 aliphatic heterocycles. The third-order valence-electron chi connectivity index (χ3n) is 8.65. The fraction of sp³-hybridized carbons (Fsp3) is 0.216. The van der Waals surface area contributed by atoms with Crippen molar-refractivity contribution in [1.29, 1.82) is 0 Å². The lowest BCUT2D eigenvalue weighted by Gasteiger charge is -2.49. The van der Waals surface area contributed by atoms with Gasteiger partial charge in [-0.2, -0.15) is 0 Å². The van der Waals surface area contributed by atoms with E-state index in [2.05, 4.69) is 10.1 Å². The highest BCUT2D eigenvalue weighted by Gasteiger charge is 2.54. The van der Waals surface area contributed by atoms with E-state index in [1.807, 2.05) is 53.4 Å². The monoisotopic (exact) mass is 756 g/mol. The van der Waals surface area contributed by atoms with Gasteiger partial charge in [0.1, 0.15) is 11.4 Å². The highest BCUT2D eigenvalue weighted by Crippen LogP contribution is 2.45. The summed E-state index contributed by atoms with van der Waals surface area (Å²) in [5.74, 6) is -4.65. The van der Waals surface area contributed by atoms with Gasteiger partial charge in [0.05, 0.1) is 11.3 Å². The highest BCUT2D eigenvalue weighted by atomic mass is 32.2. The molecule has 1 amide bonds. The summed E-state index contributed by atoms with van der Waals surface area (Å²) in [5.41, 5.74) is 7.59. The number of phenolic OH excluding ortho intramolecular Hbond substituents is 2. The molecule has 0 unspecified atom stereocenters. The average molecular weight is 757 g/mol. The molecule has 16 heteroatoms. The van der Waals surface area contributed by atoms with Gasteiger partial charge in [-0.3, -0.25) is 14.5 Å². The second-order valence-corrected chi connectivity index (χ2v) is 14.8. The number of hydrogen-bond acceptors (Lipinski definition) is 12. The lowest BCUT2D eigenvalue weighted by atomic mass is 9.89. The van der Waals surface area contributed by atoms with Gasteiger partial charge in [-0.25, -0.2) is 19.1 Å². The number of aromatic nitrogens is 2. The van der Waals surface area contributed by atoms with E-state index in [9.17, 15) is 39.6 Å². The number of nitrogens with two attached hydrogens (primary N) is 1. The molecule has 2 aromatic carbocycles. The van der Waals surface area contributed by atoms with Crippen molar-refractivity contribution in [3.8, 4) is 22.6 Å². The first-order valence-corrected chi connectivity index (χ1v) is 18.1. The zero-order valence-corrected chi connectivity index (χ0v) is 30.0. The number of oxime groups is 1. The van der Waals surface area contributed by atoms with Crippen LogP contribution in [0.3, 0.4) is 0 Å². The largest absolute Gasteiger partial charge is 0.504 e. The number of nitrogen functional groups attached to an aromatic ring is 1. The number of Topliss-reactive ketones (excluding diaryl/α,β-unsaturated/α-hetero) is 1. The number of hydrogen-bond donors (Lipinski definition) is 5. The zero-order valence-electron chi connectivity index (χ0n) is 28.4. The number of aromatic hydroxyl groups is 2. The molecule has 0 aliphatic carbocycles. The number of allylic oxidation sites excluding steroid dienone is 1. The van der Waals surface area contributed by atoms with E-state index in [0.717, 1.165) is 33.6 Å². The maximum absolute atomic E-state index is 13.4. The van der Waals surface area contributed by atoms with Crippen LogP contribution in [0.4, 0.5) is 5.13 Å². The van der Waals surface area contributed by atoms with Gasteiger partial charge >= 0.3 is 11.9 Å². The number of rotatable bonds is 13. The van der Waals surface area contributed by atoms with Crippen molar-refractivity contribution in [2.45, 2.75) is 37.8 Å². The summed E-state index contributed by atoms with van der Waals surface area (Å²) >= 11 is 2.39. The third kappa shape index (κ3) is 7.93. The fourth-order valence-corrected chi connectivity index (χ4v) is 7.57. The summed E-state index contributed by atoms with van der Waals surface area (Å²) in [6.07, 6.45) is 6.97. The molecule has 14 nitrogen and oxygen atoms in total. The first-order chi connectivity index (χ1) is 25.2. The lowest BCUT2D eigenvalue weighted by molar-refractivity contribution is -0.688. The summed E-state index contributed by atoms with van der Waals surface area (Å²) in [6, 6.07) is 16.2. The quantitative estimate of drug-likeness (QED) is 0.0425. The molecule has 2 atom stereocenters. The summed E-state index contributed by atoms with van der Waals surface area (Å²) < 4.78 is 2.00. The molecule has 53 heavy (non-hydrogen) atoms. The van der Waals surface area contributed by atoms with Crippen LogP contribution in [0.1, 0.15) is 37.1 Å². The molecule has 2 aromatic heterocycles. The third-order valence-corrected chi connectivity index (χ3v) is 10.7. The number of anilines is 1. The first-order valence-electron chi connectivity index (χ1n) is 16.2. The van der Waals surface area contributed by atoms with E-state index in [-0.39, 0.29) is 45.9 Å². The van der Waals surface area contributed by atoms with Crippen LogP contribution < -0.4 is 10.3 Å². The Labute approximate surface area is 311 Å². The number of carboxylic acids is 2. The van der Waals surface area contributed by atoms with Gasteiger partial charge in [-0.1, -0.05) is 47.6 Å².